The number of benzene rings is 1. The van der Waals surface area contributed by atoms with Crippen molar-refractivity contribution in [2.75, 3.05) is 11.9 Å². The average molecular weight is 421 g/mol. The maximum Gasteiger partial charge on any atom is 0.331 e. The van der Waals surface area contributed by atoms with E-state index in [0.717, 1.165) is 6.08 Å². The van der Waals surface area contributed by atoms with Crippen molar-refractivity contribution in [1.29, 1.82) is 0 Å². The van der Waals surface area contributed by atoms with Gasteiger partial charge in [0.1, 0.15) is 5.15 Å². The lowest BCUT2D eigenvalue weighted by Gasteiger charge is -2.06. The highest BCUT2D eigenvalue weighted by atomic mass is 35.5. The van der Waals surface area contributed by atoms with Crippen LogP contribution in [0.3, 0.4) is 0 Å². The monoisotopic (exact) mass is 420 g/mol. The Labute approximate surface area is 172 Å². The Kier molecular flexibility index (Phi) is 7.49. The second-order valence-corrected chi connectivity index (χ2v) is 7.02. The van der Waals surface area contributed by atoms with Gasteiger partial charge in [-0.15, -0.1) is 0 Å². The molecule has 2 aromatic rings. The zero-order chi connectivity index (χ0) is 21.6. The third kappa shape index (κ3) is 6.42. The summed E-state index contributed by atoms with van der Waals surface area (Å²) in [6.07, 6.45) is 2.65. The summed E-state index contributed by atoms with van der Waals surface area (Å²) in [4.78, 5) is 33.9. The molecule has 0 aliphatic rings. The van der Waals surface area contributed by atoms with Gasteiger partial charge in [0, 0.05) is 36.0 Å². The first kappa shape index (κ1) is 22.1. The number of anilines is 1. The Morgan fingerprint density at radius 1 is 1.41 bits per heavy atom. The van der Waals surface area contributed by atoms with Gasteiger partial charge in [0.05, 0.1) is 10.6 Å². The number of carbonyl (C=O) groups is 2. The number of nitro groups is 1. The molecule has 1 N–H and O–H groups in total. The number of rotatable bonds is 8. The lowest BCUT2D eigenvalue weighted by atomic mass is 10.2. The van der Waals surface area contributed by atoms with Gasteiger partial charge in [-0.2, -0.15) is 5.10 Å². The summed E-state index contributed by atoms with van der Waals surface area (Å²) in [7, 11) is 0. The second kappa shape index (κ2) is 9.83. The van der Waals surface area contributed by atoms with Crippen LogP contribution < -0.4 is 5.32 Å². The van der Waals surface area contributed by atoms with Gasteiger partial charge >= 0.3 is 5.97 Å². The smallest absolute Gasteiger partial charge is 0.331 e. The molecule has 1 heterocycles. The number of amides is 1. The van der Waals surface area contributed by atoms with Crippen LogP contribution in [0.5, 0.6) is 0 Å². The molecule has 2 rings (SSSR count). The average Bonchev–Trinajstić information content (AvgIpc) is 2.91. The number of aromatic nitrogens is 2. The van der Waals surface area contributed by atoms with E-state index in [2.05, 4.69) is 10.4 Å². The third-order valence-corrected chi connectivity index (χ3v) is 4.12. The number of non-ortho nitro benzene ring substituents is 1. The summed E-state index contributed by atoms with van der Waals surface area (Å²) in [6, 6.07) is 5.44. The van der Waals surface area contributed by atoms with Crippen molar-refractivity contribution in [3.63, 3.8) is 0 Å². The van der Waals surface area contributed by atoms with Crippen LogP contribution in [0.1, 0.15) is 25.1 Å². The maximum absolute atomic E-state index is 11.9. The molecule has 0 saturated heterocycles. The number of hydrogen-bond acceptors (Lipinski definition) is 6. The van der Waals surface area contributed by atoms with E-state index in [1.807, 2.05) is 13.8 Å². The van der Waals surface area contributed by atoms with Gasteiger partial charge in [0.25, 0.3) is 11.6 Å². The summed E-state index contributed by atoms with van der Waals surface area (Å²) in [6.45, 7) is 5.97. The molecule has 1 aromatic heterocycles. The van der Waals surface area contributed by atoms with Gasteiger partial charge in [-0.05, 0) is 25.0 Å². The lowest BCUT2D eigenvalue weighted by molar-refractivity contribution is -0.384. The molecule has 1 amide bonds. The summed E-state index contributed by atoms with van der Waals surface area (Å²) < 4.78 is 6.55. The van der Waals surface area contributed by atoms with E-state index in [4.69, 9.17) is 16.3 Å². The van der Waals surface area contributed by atoms with Crippen LogP contribution in [-0.4, -0.2) is 33.2 Å². The highest BCUT2D eigenvalue weighted by Gasteiger charge is 2.13. The van der Waals surface area contributed by atoms with Gasteiger partial charge < -0.3 is 10.1 Å². The van der Waals surface area contributed by atoms with Crippen LogP contribution in [0.4, 0.5) is 11.4 Å². The number of nitrogens with zero attached hydrogens (tertiary/aromatic N) is 3. The largest absolute Gasteiger partial charge is 0.452 e. The second-order valence-electron chi connectivity index (χ2n) is 6.66. The molecule has 0 bridgehead atoms. The Morgan fingerprint density at radius 2 is 2.14 bits per heavy atom. The number of ether oxygens (including phenoxy) is 1. The number of halogens is 1. The zero-order valence-electron chi connectivity index (χ0n) is 16.2. The number of hydrogen-bond donors (Lipinski definition) is 1. The van der Waals surface area contributed by atoms with E-state index in [9.17, 15) is 19.7 Å². The van der Waals surface area contributed by atoms with Crippen molar-refractivity contribution in [2.45, 2.75) is 27.3 Å². The predicted molar refractivity (Wildman–Crippen MR) is 109 cm³/mol. The van der Waals surface area contributed by atoms with Crippen molar-refractivity contribution in [3.8, 4) is 0 Å². The molecule has 10 heteroatoms. The van der Waals surface area contributed by atoms with Crippen molar-refractivity contribution >= 4 is 40.9 Å². The highest BCUT2D eigenvalue weighted by Crippen LogP contribution is 2.22. The molecule has 0 aliphatic heterocycles. The van der Waals surface area contributed by atoms with Gasteiger partial charge in [0.15, 0.2) is 6.61 Å². The standard InChI is InChI=1S/C19H21ClN4O5/c1-12(2)10-23-19(20)16(13(3)22-23)7-8-18(26)29-11-17(25)21-14-5-4-6-15(9-14)24(27)28/h4-9,12H,10-11H2,1-3H3,(H,21,25)/b8-7+. The summed E-state index contributed by atoms with van der Waals surface area (Å²) in [5.74, 6) is -0.990. The van der Waals surface area contributed by atoms with E-state index in [1.54, 1.807) is 11.6 Å². The summed E-state index contributed by atoms with van der Waals surface area (Å²) >= 11 is 6.29. The quantitative estimate of drug-likeness (QED) is 0.302. The SMILES string of the molecule is Cc1nn(CC(C)C)c(Cl)c1/C=C/C(=O)OCC(=O)Nc1cccc([N+](=O)[O-])c1. The Hall–Kier alpha value is -3.20. The van der Waals surface area contributed by atoms with Crippen LogP contribution >= 0.6 is 11.6 Å². The van der Waals surface area contributed by atoms with Gasteiger partial charge in [0.2, 0.25) is 0 Å². The molecule has 0 spiro atoms. The molecule has 29 heavy (non-hydrogen) atoms. The van der Waals surface area contributed by atoms with Crippen LogP contribution in [0, 0.1) is 23.0 Å². The summed E-state index contributed by atoms with van der Waals surface area (Å²) in [5.41, 5.74) is 1.34. The first-order valence-electron chi connectivity index (χ1n) is 8.79. The molecular weight excluding hydrogens is 400 g/mol. The fraction of sp³-hybridized carbons (Fsp3) is 0.316. The van der Waals surface area contributed by atoms with Crippen LogP contribution in [0.2, 0.25) is 5.15 Å². The van der Waals surface area contributed by atoms with E-state index < -0.39 is 23.4 Å². The number of aryl methyl sites for hydroxylation is 1. The minimum Gasteiger partial charge on any atom is -0.452 e. The number of esters is 1. The van der Waals surface area contributed by atoms with E-state index in [-0.39, 0.29) is 11.4 Å². The highest BCUT2D eigenvalue weighted by molar-refractivity contribution is 6.31. The Bertz CT molecular complexity index is 952. The minimum atomic E-state index is -0.730. The van der Waals surface area contributed by atoms with Crippen molar-refractivity contribution in [3.05, 3.63) is 56.9 Å². The molecule has 1 aromatic carbocycles. The number of nitrogens with one attached hydrogen (secondary N) is 1. The van der Waals surface area contributed by atoms with E-state index in [1.165, 1.54) is 30.3 Å². The van der Waals surface area contributed by atoms with Crippen molar-refractivity contribution in [2.24, 2.45) is 5.92 Å². The molecule has 0 radical (unpaired) electrons. The normalized spacial score (nSPS) is 11.1. The third-order valence-electron chi connectivity index (χ3n) is 3.72. The molecular formula is C19H21ClN4O5. The molecule has 0 saturated carbocycles. The maximum atomic E-state index is 11.9. The van der Waals surface area contributed by atoms with Crippen molar-refractivity contribution in [1.82, 2.24) is 9.78 Å². The van der Waals surface area contributed by atoms with Gasteiger partial charge in [-0.25, -0.2) is 4.79 Å². The van der Waals surface area contributed by atoms with Crippen LogP contribution in [0.25, 0.3) is 6.08 Å². The zero-order valence-corrected chi connectivity index (χ0v) is 17.0. The van der Waals surface area contributed by atoms with Gasteiger partial charge in [-0.1, -0.05) is 31.5 Å². The number of nitro benzene ring substituents is 1. The van der Waals surface area contributed by atoms with E-state index in [0.29, 0.717) is 28.9 Å². The van der Waals surface area contributed by atoms with Crippen LogP contribution in [-0.2, 0) is 20.9 Å². The first-order valence-corrected chi connectivity index (χ1v) is 9.17. The summed E-state index contributed by atoms with van der Waals surface area (Å²) in [5, 5.41) is 17.9. The predicted octanol–water partition coefficient (Wildman–Crippen LogP) is 3.60. The molecule has 0 atom stereocenters. The fourth-order valence-corrected chi connectivity index (χ4v) is 2.76. The van der Waals surface area contributed by atoms with Crippen LogP contribution in [0.15, 0.2) is 30.3 Å². The molecule has 154 valence electrons. The molecule has 9 nitrogen and oxygen atoms in total. The first-order chi connectivity index (χ1) is 13.7. The molecule has 0 fully saturated rings. The molecule has 0 aliphatic carbocycles. The van der Waals surface area contributed by atoms with E-state index >= 15 is 0 Å². The van der Waals surface area contributed by atoms with Crippen molar-refractivity contribution < 1.29 is 19.2 Å². The minimum absolute atomic E-state index is 0.159. The topological polar surface area (TPSA) is 116 Å². The fourth-order valence-electron chi connectivity index (χ4n) is 2.45. The molecule has 0 unspecified atom stereocenters. The number of carbonyl (C=O) groups excluding carboxylic acids is 2. The Morgan fingerprint density at radius 3 is 2.79 bits per heavy atom. The lowest BCUT2D eigenvalue weighted by Crippen LogP contribution is -2.20. The van der Waals surface area contributed by atoms with Gasteiger partial charge in [-0.3, -0.25) is 19.6 Å². The Balaban J connectivity index is 1.91.